The number of rotatable bonds is 2. The van der Waals surface area contributed by atoms with E-state index in [0.29, 0.717) is 19.3 Å². The van der Waals surface area contributed by atoms with Crippen molar-refractivity contribution in [3.8, 4) is 11.5 Å². The number of fused-ring (bicyclic) bond motifs is 2. The van der Waals surface area contributed by atoms with Crippen LogP contribution in [-0.4, -0.2) is 55.3 Å². The minimum absolute atomic E-state index is 0.647. The van der Waals surface area contributed by atoms with E-state index in [0.717, 1.165) is 55.7 Å². The fourth-order valence-electron chi connectivity index (χ4n) is 4.24. The topological polar surface area (TPSA) is 37.8 Å². The van der Waals surface area contributed by atoms with Crippen LogP contribution < -0.4 is 14.4 Å². The molecule has 1 saturated heterocycles. The van der Waals surface area contributed by atoms with Crippen LogP contribution in [0.15, 0.2) is 23.7 Å². The minimum Gasteiger partial charge on any atom is -0.486 e. The predicted molar refractivity (Wildman–Crippen MR) is 99.1 cm³/mol. The Morgan fingerprint density at radius 1 is 1.00 bits per heavy atom. The summed E-state index contributed by atoms with van der Waals surface area (Å²) in [6.45, 7) is 5.75. The van der Waals surface area contributed by atoms with Crippen molar-refractivity contribution in [2.45, 2.75) is 25.3 Å². The SMILES string of the molecule is c1csc(N2CCN(C3CCc4cc5c(cc4C3)OCCO5)CC2)n1. The number of anilines is 1. The van der Waals surface area contributed by atoms with Crippen LogP contribution in [0.1, 0.15) is 17.5 Å². The van der Waals surface area contributed by atoms with Crippen LogP contribution in [0.3, 0.4) is 0 Å². The van der Waals surface area contributed by atoms with Crippen molar-refractivity contribution in [1.82, 2.24) is 9.88 Å². The summed E-state index contributed by atoms with van der Waals surface area (Å²) in [7, 11) is 0. The summed E-state index contributed by atoms with van der Waals surface area (Å²) in [6.07, 6.45) is 5.41. The highest BCUT2D eigenvalue weighted by atomic mass is 32.1. The van der Waals surface area contributed by atoms with Crippen LogP contribution in [0, 0.1) is 0 Å². The van der Waals surface area contributed by atoms with Crippen molar-refractivity contribution in [1.29, 1.82) is 0 Å². The van der Waals surface area contributed by atoms with E-state index in [4.69, 9.17) is 9.47 Å². The van der Waals surface area contributed by atoms with Gasteiger partial charge in [-0.2, -0.15) is 0 Å². The average Bonchev–Trinajstić information content (AvgIpc) is 3.21. The second-order valence-electron chi connectivity index (χ2n) is 7.00. The molecule has 2 aromatic rings. The summed E-state index contributed by atoms with van der Waals surface area (Å²) >= 11 is 1.74. The molecule has 0 amide bonds. The molecular formula is C19H23N3O2S. The molecule has 1 aromatic heterocycles. The van der Waals surface area contributed by atoms with Crippen LogP contribution in [0.5, 0.6) is 11.5 Å². The number of benzene rings is 1. The van der Waals surface area contributed by atoms with Gasteiger partial charge in [-0.05, 0) is 42.5 Å². The van der Waals surface area contributed by atoms with Gasteiger partial charge in [0.15, 0.2) is 16.6 Å². The van der Waals surface area contributed by atoms with Gasteiger partial charge in [0.2, 0.25) is 0 Å². The lowest BCUT2D eigenvalue weighted by atomic mass is 9.86. The van der Waals surface area contributed by atoms with Crippen LogP contribution >= 0.6 is 11.3 Å². The Bertz CT molecular complexity index is 741. The van der Waals surface area contributed by atoms with Gasteiger partial charge in [0.05, 0.1) is 0 Å². The molecule has 5 rings (SSSR count). The summed E-state index contributed by atoms with van der Waals surface area (Å²) in [5, 5.41) is 3.23. The fraction of sp³-hybridized carbons (Fsp3) is 0.526. The Balaban J connectivity index is 1.26. The molecule has 25 heavy (non-hydrogen) atoms. The molecule has 0 N–H and O–H groups in total. The first-order valence-corrected chi connectivity index (χ1v) is 10.0. The molecule has 1 aliphatic carbocycles. The molecular weight excluding hydrogens is 334 g/mol. The lowest BCUT2D eigenvalue weighted by Crippen LogP contribution is -2.51. The van der Waals surface area contributed by atoms with Crippen LogP contribution in [0.2, 0.25) is 0 Å². The van der Waals surface area contributed by atoms with Crippen LogP contribution in [0.4, 0.5) is 5.13 Å². The number of nitrogens with zero attached hydrogens (tertiary/aromatic N) is 3. The third-order valence-corrected chi connectivity index (χ3v) is 6.42. The second-order valence-corrected chi connectivity index (χ2v) is 7.87. The maximum Gasteiger partial charge on any atom is 0.185 e. The van der Waals surface area contributed by atoms with Gasteiger partial charge in [-0.25, -0.2) is 4.98 Å². The van der Waals surface area contributed by atoms with E-state index < -0.39 is 0 Å². The quantitative estimate of drug-likeness (QED) is 0.826. The first-order valence-electron chi connectivity index (χ1n) is 9.17. The normalized spacial score (nSPS) is 23.4. The largest absolute Gasteiger partial charge is 0.486 e. The first-order chi connectivity index (χ1) is 12.4. The van der Waals surface area contributed by atoms with Crippen LogP contribution in [0.25, 0.3) is 0 Å². The van der Waals surface area contributed by atoms with Crippen molar-refractivity contribution < 1.29 is 9.47 Å². The van der Waals surface area contributed by atoms with Crippen molar-refractivity contribution in [2.75, 3.05) is 44.3 Å². The summed E-state index contributed by atoms with van der Waals surface area (Å²) in [5.74, 6) is 1.86. The molecule has 0 bridgehead atoms. The van der Waals surface area contributed by atoms with Crippen molar-refractivity contribution in [3.05, 3.63) is 34.8 Å². The molecule has 132 valence electrons. The van der Waals surface area contributed by atoms with Crippen LogP contribution in [-0.2, 0) is 12.8 Å². The molecule has 1 atom stereocenters. The number of aromatic nitrogens is 1. The van der Waals surface area contributed by atoms with Gasteiger partial charge in [-0.1, -0.05) is 0 Å². The Morgan fingerprint density at radius 3 is 2.48 bits per heavy atom. The van der Waals surface area contributed by atoms with Crippen molar-refractivity contribution in [3.63, 3.8) is 0 Å². The van der Waals surface area contributed by atoms with E-state index in [-0.39, 0.29) is 0 Å². The Morgan fingerprint density at radius 2 is 1.76 bits per heavy atom. The lowest BCUT2D eigenvalue weighted by Gasteiger charge is -2.41. The number of piperazine rings is 1. The van der Waals surface area contributed by atoms with Gasteiger partial charge < -0.3 is 14.4 Å². The van der Waals surface area contributed by atoms with Gasteiger partial charge in [-0.15, -0.1) is 11.3 Å². The summed E-state index contributed by atoms with van der Waals surface area (Å²) < 4.78 is 11.5. The van der Waals surface area contributed by atoms with Gasteiger partial charge in [-0.3, -0.25) is 4.90 Å². The van der Waals surface area contributed by atoms with Gasteiger partial charge in [0.25, 0.3) is 0 Å². The van der Waals surface area contributed by atoms with E-state index in [1.54, 1.807) is 11.3 Å². The van der Waals surface area contributed by atoms with Gasteiger partial charge >= 0.3 is 0 Å². The van der Waals surface area contributed by atoms with Crippen molar-refractivity contribution in [2.24, 2.45) is 0 Å². The zero-order valence-electron chi connectivity index (χ0n) is 14.3. The maximum atomic E-state index is 5.77. The molecule has 0 spiro atoms. The maximum absolute atomic E-state index is 5.77. The first kappa shape index (κ1) is 15.5. The molecule has 1 unspecified atom stereocenters. The molecule has 5 nitrogen and oxygen atoms in total. The number of hydrogen-bond donors (Lipinski definition) is 0. The van der Waals surface area contributed by atoms with Crippen molar-refractivity contribution >= 4 is 16.5 Å². The Kier molecular flexibility index (Phi) is 4.02. The number of hydrogen-bond acceptors (Lipinski definition) is 6. The number of ether oxygens (including phenoxy) is 2. The third kappa shape index (κ3) is 2.98. The smallest absolute Gasteiger partial charge is 0.185 e. The zero-order chi connectivity index (χ0) is 16.6. The summed E-state index contributed by atoms with van der Waals surface area (Å²) in [5.41, 5.74) is 2.89. The zero-order valence-corrected chi connectivity index (χ0v) is 15.1. The average molecular weight is 357 g/mol. The molecule has 0 radical (unpaired) electrons. The molecule has 1 aromatic carbocycles. The van der Waals surface area contributed by atoms with E-state index in [1.165, 1.54) is 17.5 Å². The number of aryl methyl sites for hydroxylation is 1. The molecule has 3 aliphatic rings. The highest BCUT2D eigenvalue weighted by Crippen LogP contribution is 2.37. The number of thiazole rings is 1. The molecule has 1 fully saturated rings. The molecule has 3 heterocycles. The van der Waals surface area contributed by atoms with E-state index in [1.807, 2.05) is 6.20 Å². The Labute approximate surface area is 152 Å². The standard InChI is InChI=1S/C19H23N3O2S/c1-2-16(21-4-6-22(7-5-21)19-20-3-10-25-19)11-15-13-18-17(12-14(1)15)23-8-9-24-18/h3,10,12-13,16H,1-2,4-9,11H2. The van der Waals surface area contributed by atoms with Gasteiger partial charge in [0.1, 0.15) is 13.2 Å². The van der Waals surface area contributed by atoms with E-state index >= 15 is 0 Å². The minimum atomic E-state index is 0.647. The monoisotopic (exact) mass is 357 g/mol. The predicted octanol–water partition coefficient (Wildman–Crippen LogP) is 2.59. The lowest BCUT2D eigenvalue weighted by molar-refractivity contribution is 0.164. The Hall–Kier alpha value is -1.79. The summed E-state index contributed by atoms with van der Waals surface area (Å²) in [4.78, 5) is 9.53. The van der Waals surface area contributed by atoms with E-state index in [2.05, 4.69) is 32.3 Å². The highest BCUT2D eigenvalue weighted by Gasteiger charge is 2.29. The second kappa shape index (κ2) is 6.50. The molecule has 6 heteroatoms. The van der Waals surface area contributed by atoms with Gasteiger partial charge in [0, 0.05) is 43.8 Å². The third-order valence-electron chi connectivity index (χ3n) is 5.59. The molecule has 0 saturated carbocycles. The van der Waals surface area contributed by atoms with E-state index in [9.17, 15) is 0 Å². The summed E-state index contributed by atoms with van der Waals surface area (Å²) in [6, 6.07) is 5.08. The highest BCUT2D eigenvalue weighted by molar-refractivity contribution is 7.13. The fourth-order valence-corrected chi connectivity index (χ4v) is 4.93. The molecule has 2 aliphatic heterocycles.